The summed E-state index contributed by atoms with van der Waals surface area (Å²) in [5, 5.41) is 12.0. The Bertz CT molecular complexity index is 494. The van der Waals surface area contributed by atoms with Crippen molar-refractivity contribution in [3.05, 3.63) is 32.3 Å². The average Bonchev–Trinajstić information content (AvgIpc) is 2.85. The van der Waals surface area contributed by atoms with Crippen LogP contribution in [0.15, 0.2) is 26.9 Å². The fourth-order valence-corrected chi connectivity index (χ4v) is 2.11. The number of thiophene rings is 1. The molecule has 0 aliphatic rings. The molecule has 0 aliphatic heterocycles. The van der Waals surface area contributed by atoms with Crippen molar-refractivity contribution in [3.8, 4) is 0 Å². The second-order valence-corrected chi connectivity index (χ2v) is 4.59. The summed E-state index contributed by atoms with van der Waals surface area (Å²) in [5.41, 5.74) is 9.15. The van der Waals surface area contributed by atoms with Crippen molar-refractivity contribution < 1.29 is 9.53 Å². The summed E-state index contributed by atoms with van der Waals surface area (Å²) in [6.07, 6.45) is 0.221. The van der Waals surface area contributed by atoms with Crippen LogP contribution in [-0.2, 0) is 11.2 Å². The molecule has 1 unspecified atom stereocenters. The molecule has 1 atom stereocenters. The molecule has 1 rings (SSSR count). The van der Waals surface area contributed by atoms with Crippen molar-refractivity contribution in [2.24, 2.45) is 21.3 Å². The SMILES string of the molecule is CC(CN=[N+]=[N-])OC(=O)c1cc(CCN=NN)cs1. The van der Waals surface area contributed by atoms with Crippen molar-refractivity contribution in [2.45, 2.75) is 19.4 Å². The van der Waals surface area contributed by atoms with E-state index in [1.165, 1.54) is 11.3 Å². The number of ether oxygens (including phenoxy) is 1. The summed E-state index contributed by atoms with van der Waals surface area (Å²) >= 11 is 1.30. The smallest absolute Gasteiger partial charge is 0.348 e. The maximum Gasteiger partial charge on any atom is 0.348 e. The van der Waals surface area contributed by atoms with Crippen molar-refractivity contribution in [1.29, 1.82) is 0 Å². The van der Waals surface area contributed by atoms with Crippen LogP contribution in [0.1, 0.15) is 22.2 Å². The second kappa shape index (κ2) is 8.06. The van der Waals surface area contributed by atoms with Gasteiger partial charge in [0.15, 0.2) is 0 Å². The van der Waals surface area contributed by atoms with Gasteiger partial charge in [-0.1, -0.05) is 10.3 Å². The van der Waals surface area contributed by atoms with Gasteiger partial charge in [0.1, 0.15) is 11.0 Å². The van der Waals surface area contributed by atoms with Gasteiger partial charge in [-0.05, 0) is 35.9 Å². The number of nitrogens with two attached hydrogens (primary N) is 1. The van der Waals surface area contributed by atoms with E-state index in [4.69, 9.17) is 16.1 Å². The summed E-state index contributed by atoms with van der Waals surface area (Å²) in [7, 11) is 0. The lowest BCUT2D eigenvalue weighted by molar-refractivity contribution is 0.0365. The number of carbonyl (C=O) groups is 1. The maximum absolute atomic E-state index is 11.8. The van der Waals surface area contributed by atoms with Crippen molar-refractivity contribution in [3.63, 3.8) is 0 Å². The molecule has 0 spiro atoms. The zero-order chi connectivity index (χ0) is 14.1. The Morgan fingerprint density at radius 3 is 3.16 bits per heavy atom. The van der Waals surface area contributed by atoms with Crippen LogP contribution in [0.3, 0.4) is 0 Å². The molecule has 0 radical (unpaired) electrons. The van der Waals surface area contributed by atoms with Gasteiger partial charge in [0.25, 0.3) is 0 Å². The zero-order valence-corrected chi connectivity index (χ0v) is 11.2. The number of hydrogen-bond acceptors (Lipinski definition) is 6. The highest BCUT2D eigenvalue weighted by Gasteiger charge is 2.13. The van der Waals surface area contributed by atoms with Crippen LogP contribution >= 0.6 is 11.3 Å². The van der Waals surface area contributed by atoms with E-state index in [-0.39, 0.29) is 6.54 Å². The minimum Gasteiger partial charge on any atom is -0.458 e. The highest BCUT2D eigenvalue weighted by atomic mass is 32.1. The molecule has 19 heavy (non-hydrogen) atoms. The molecule has 0 fully saturated rings. The van der Waals surface area contributed by atoms with Crippen LogP contribution in [0.2, 0.25) is 0 Å². The first-order valence-electron chi connectivity index (χ1n) is 5.53. The van der Waals surface area contributed by atoms with Gasteiger partial charge < -0.3 is 10.6 Å². The van der Waals surface area contributed by atoms with E-state index in [2.05, 4.69) is 20.4 Å². The first-order valence-corrected chi connectivity index (χ1v) is 6.41. The fraction of sp³-hybridized carbons (Fsp3) is 0.500. The van der Waals surface area contributed by atoms with Crippen LogP contribution in [-0.4, -0.2) is 25.2 Å². The summed E-state index contributed by atoms with van der Waals surface area (Å²) in [6.45, 7) is 2.27. The van der Waals surface area contributed by atoms with Gasteiger partial charge in [-0.15, -0.1) is 11.3 Å². The molecule has 0 bridgehead atoms. The third-order valence-corrected chi connectivity index (χ3v) is 3.11. The van der Waals surface area contributed by atoms with E-state index in [1.54, 1.807) is 13.0 Å². The third kappa shape index (κ3) is 5.36. The molecular formula is C10H14N6O2S. The van der Waals surface area contributed by atoms with Gasteiger partial charge >= 0.3 is 5.97 Å². The monoisotopic (exact) mass is 282 g/mol. The summed E-state index contributed by atoms with van der Waals surface area (Å²) in [6, 6.07) is 1.75. The van der Waals surface area contributed by atoms with E-state index < -0.39 is 12.1 Å². The Hall–Kier alpha value is -2.12. The molecule has 102 valence electrons. The van der Waals surface area contributed by atoms with Gasteiger partial charge in [0, 0.05) is 4.91 Å². The van der Waals surface area contributed by atoms with Crippen LogP contribution in [0.4, 0.5) is 0 Å². The van der Waals surface area contributed by atoms with Gasteiger partial charge in [-0.2, -0.15) is 5.11 Å². The Labute approximate surface area is 113 Å². The summed E-state index contributed by atoms with van der Waals surface area (Å²) < 4.78 is 5.12. The van der Waals surface area contributed by atoms with Gasteiger partial charge in [0.05, 0.1) is 13.1 Å². The molecule has 0 aromatic carbocycles. The van der Waals surface area contributed by atoms with Crippen molar-refractivity contribution in [2.75, 3.05) is 13.1 Å². The van der Waals surface area contributed by atoms with E-state index in [1.807, 2.05) is 5.38 Å². The van der Waals surface area contributed by atoms with E-state index in [0.29, 0.717) is 17.8 Å². The molecule has 9 heteroatoms. The highest BCUT2D eigenvalue weighted by molar-refractivity contribution is 7.12. The van der Waals surface area contributed by atoms with Crippen molar-refractivity contribution >= 4 is 17.3 Å². The predicted octanol–water partition coefficient (Wildman–Crippen LogP) is 2.47. The lowest BCUT2D eigenvalue weighted by Crippen LogP contribution is -2.16. The molecule has 2 N–H and O–H groups in total. The molecule has 0 amide bonds. The van der Waals surface area contributed by atoms with Crippen LogP contribution in [0.25, 0.3) is 10.4 Å². The lowest BCUT2D eigenvalue weighted by atomic mass is 10.2. The average molecular weight is 282 g/mol. The van der Waals surface area contributed by atoms with Gasteiger partial charge in [-0.25, -0.2) is 4.79 Å². The topological polar surface area (TPSA) is 126 Å². The molecule has 8 nitrogen and oxygen atoms in total. The van der Waals surface area contributed by atoms with E-state index in [9.17, 15) is 4.79 Å². The second-order valence-electron chi connectivity index (χ2n) is 3.68. The summed E-state index contributed by atoms with van der Waals surface area (Å²) in [4.78, 5) is 14.9. The number of carbonyl (C=O) groups excluding carboxylic acids is 1. The molecule has 0 saturated heterocycles. The predicted molar refractivity (Wildman–Crippen MR) is 70.8 cm³/mol. The Morgan fingerprint density at radius 2 is 2.47 bits per heavy atom. The molecule has 0 aliphatic carbocycles. The minimum atomic E-state index is -0.444. The maximum atomic E-state index is 11.8. The lowest BCUT2D eigenvalue weighted by Gasteiger charge is -2.08. The van der Waals surface area contributed by atoms with Gasteiger partial charge in [-0.3, -0.25) is 0 Å². The minimum absolute atomic E-state index is 0.122. The standard InChI is InChI=1S/C10H14N6O2S/c1-7(5-14-16-12)18-10(17)9-4-8(6-19-9)2-3-13-15-11/h4,6-7H,2-3,5H2,1H3,(H2,11,13). The molecule has 1 heterocycles. The Kier molecular flexibility index (Phi) is 6.34. The molecular weight excluding hydrogens is 268 g/mol. The molecule has 0 saturated carbocycles. The van der Waals surface area contributed by atoms with Crippen molar-refractivity contribution in [1.82, 2.24) is 0 Å². The number of nitrogens with zero attached hydrogens (tertiary/aromatic N) is 5. The number of esters is 1. The number of rotatable bonds is 7. The first-order chi connectivity index (χ1) is 9.17. The Morgan fingerprint density at radius 1 is 1.68 bits per heavy atom. The highest BCUT2D eigenvalue weighted by Crippen LogP contribution is 2.17. The van der Waals surface area contributed by atoms with Crippen LogP contribution in [0.5, 0.6) is 0 Å². The Balaban J connectivity index is 2.50. The fourth-order valence-electron chi connectivity index (χ4n) is 1.28. The van der Waals surface area contributed by atoms with Crippen LogP contribution in [0, 0.1) is 0 Å². The molecule has 1 aromatic heterocycles. The largest absolute Gasteiger partial charge is 0.458 e. The quantitative estimate of drug-likeness (QED) is 0.206. The first kappa shape index (κ1) is 14.9. The number of hydrogen-bond donors (Lipinski definition) is 1. The third-order valence-electron chi connectivity index (χ3n) is 2.15. The van der Waals surface area contributed by atoms with Crippen LogP contribution < -0.4 is 5.84 Å². The van der Waals surface area contributed by atoms with E-state index in [0.717, 1.165) is 5.56 Å². The normalized spacial score (nSPS) is 12.1. The molecule has 1 aromatic rings. The van der Waals surface area contributed by atoms with Gasteiger partial charge in [0.2, 0.25) is 0 Å². The summed E-state index contributed by atoms with van der Waals surface area (Å²) in [5.74, 6) is 4.47. The van der Waals surface area contributed by atoms with E-state index >= 15 is 0 Å². The zero-order valence-electron chi connectivity index (χ0n) is 10.4. The number of azide groups is 1.